The van der Waals surface area contributed by atoms with Crippen LogP contribution in [0.1, 0.15) is 49.9 Å². The Hall–Kier alpha value is -2.82. The van der Waals surface area contributed by atoms with E-state index in [0.717, 1.165) is 22.3 Å². The summed E-state index contributed by atoms with van der Waals surface area (Å²) < 4.78 is 16.0. The summed E-state index contributed by atoms with van der Waals surface area (Å²) in [6.45, 7) is 7.58. The molecule has 0 fully saturated rings. The zero-order chi connectivity index (χ0) is 18.1. The number of hydrogen-bond donors (Lipinski definition) is 0. The lowest BCUT2D eigenvalue weighted by Gasteiger charge is -2.16. The monoisotopic (exact) mass is 340 g/mol. The number of aryl methyl sites for hydroxylation is 2. The molecule has 0 radical (unpaired) electrons. The molecule has 2 aromatic rings. The zero-order valence-corrected chi connectivity index (χ0v) is 14.8. The second-order valence-corrected chi connectivity index (χ2v) is 6.19. The molecule has 0 atom stereocenters. The van der Waals surface area contributed by atoms with Gasteiger partial charge in [0, 0.05) is 5.56 Å². The fourth-order valence-corrected chi connectivity index (χ4v) is 3.23. The van der Waals surface area contributed by atoms with E-state index in [4.69, 9.17) is 14.2 Å². The summed E-state index contributed by atoms with van der Waals surface area (Å²) in [4.78, 5) is 24.2. The molecule has 0 unspecified atom stereocenters. The first-order valence-corrected chi connectivity index (χ1v) is 8.06. The van der Waals surface area contributed by atoms with Crippen LogP contribution in [-0.4, -0.2) is 18.5 Å². The van der Waals surface area contributed by atoms with Crippen LogP contribution in [-0.2, 0) is 11.3 Å². The van der Waals surface area contributed by atoms with Crippen molar-refractivity contribution in [1.82, 2.24) is 0 Å². The minimum Gasteiger partial charge on any atom is -0.457 e. The van der Waals surface area contributed by atoms with Crippen molar-refractivity contribution in [2.75, 3.05) is 6.79 Å². The Bertz CT molecular complexity index is 867. The maximum atomic E-state index is 12.3. The number of fused-ring (bicyclic) bond motifs is 1. The average molecular weight is 340 g/mol. The fraction of sp³-hybridized carbons (Fsp3) is 0.300. The van der Waals surface area contributed by atoms with Gasteiger partial charge in [-0.1, -0.05) is 6.07 Å². The van der Waals surface area contributed by atoms with E-state index in [1.165, 1.54) is 0 Å². The van der Waals surface area contributed by atoms with Gasteiger partial charge in [0.15, 0.2) is 17.3 Å². The van der Waals surface area contributed by atoms with Gasteiger partial charge >= 0.3 is 5.97 Å². The van der Waals surface area contributed by atoms with Gasteiger partial charge in [-0.15, -0.1) is 0 Å². The van der Waals surface area contributed by atoms with Gasteiger partial charge in [-0.25, -0.2) is 4.79 Å². The first-order valence-electron chi connectivity index (χ1n) is 8.06. The molecule has 5 nitrogen and oxygen atoms in total. The fourth-order valence-electron chi connectivity index (χ4n) is 3.23. The van der Waals surface area contributed by atoms with Crippen LogP contribution < -0.4 is 9.47 Å². The highest BCUT2D eigenvalue weighted by Gasteiger charge is 2.19. The molecule has 3 rings (SSSR count). The van der Waals surface area contributed by atoms with E-state index in [0.29, 0.717) is 22.6 Å². The van der Waals surface area contributed by atoms with Crippen LogP contribution in [0.2, 0.25) is 0 Å². The predicted molar refractivity (Wildman–Crippen MR) is 92.3 cm³/mol. The van der Waals surface area contributed by atoms with Crippen LogP contribution in [0, 0.1) is 20.8 Å². The molecule has 0 bridgehead atoms. The summed E-state index contributed by atoms with van der Waals surface area (Å²) in [7, 11) is 0. The molecule has 25 heavy (non-hydrogen) atoms. The third-order valence-electron chi connectivity index (χ3n) is 4.44. The van der Waals surface area contributed by atoms with Crippen LogP contribution in [0.15, 0.2) is 24.3 Å². The van der Waals surface area contributed by atoms with Crippen molar-refractivity contribution < 1.29 is 23.8 Å². The van der Waals surface area contributed by atoms with Gasteiger partial charge in [0.1, 0.15) is 6.61 Å². The Kier molecular flexibility index (Phi) is 4.49. The van der Waals surface area contributed by atoms with E-state index >= 15 is 0 Å². The van der Waals surface area contributed by atoms with Gasteiger partial charge in [-0.2, -0.15) is 0 Å². The van der Waals surface area contributed by atoms with Gasteiger partial charge in [-0.3, -0.25) is 4.79 Å². The van der Waals surface area contributed by atoms with Gasteiger partial charge < -0.3 is 14.2 Å². The number of benzene rings is 2. The number of esters is 1. The number of ether oxygens (including phenoxy) is 3. The van der Waals surface area contributed by atoms with Gasteiger partial charge in [0.25, 0.3) is 0 Å². The SMILES string of the molecule is CC(=O)c1c(C)cc(C)c(COC(=O)c2ccc3c(c2)OCO3)c1C. The van der Waals surface area contributed by atoms with E-state index in [-0.39, 0.29) is 19.2 Å². The Balaban J connectivity index is 1.81. The lowest BCUT2D eigenvalue weighted by Crippen LogP contribution is -2.10. The molecule has 0 aliphatic carbocycles. The number of hydrogen-bond acceptors (Lipinski definition) is 5. The van der Waals surface area contributed by atoms with Crippen molar-refractivity contribution in [3.05, 3.63) is 57.6 Å². The number of carbonyl (C=O) groups excluding carboxylic acids is 2. The first kappa shape index (κ1) is 17.0. The molecule has 2 aromatic carbocycles. The summed E-state index contributed by atoms with van der Waals surface area (Å²) >= 11 is 0. The molecule has 130 valence electrons. The molecular formula is C20H20O5. The Morgan fingerprint density at radius 2 is 1.76 bits per heavy atom. The minimum atomic E-state index is -0.443. The molecule has 0 aromatic heterocycles. The predicted octanol–water partition coefficient (Wildman–Crippen LogP) is 3.90. The highest BCUT2D eigenvalue weighted by Crippen LogP contribution is 2.33. The standard InChI is InChI=1S/C20H20O5/c1-11-7-12(2)19(14(4)21)13(3)16(11)9-23-20(22)15-5-6-17-18(8-15)25-10-24-17/h5-8H,9-10H2,1-4H3. The smallest absolute Gasteiger partial charge is 0.338 e. The van der Waals surface area contributed by atoms with Crippen molar-refractivity contribution in [3.8, 4) is 11.5 Å². The molecule has 0 spiro atoms. The number of carbonyl (C=O) groups is 2. The topological polar surface area (TPSA) is 61.8 Å². The third kappa shape index (κ3) is 3.22. The maximum Gasteiger partial charge on any atom is 0.338 e. The van der Waals surface area contributed by atoms with Gasteiger partial charge in [0.2, 0.25) is 6.79 Å². The molecule has 0 saturated carbocycles. The molecular weight excluding hydrogens is 320 g/mol. The van der Waals surface area contributed by atoms with E-state index in [1.807, 2.05) is 26.8 Å². The average Bonchev–Trinajstić information content (AvgIpc) is 3.01. The Morgan fingerprint density at radius 3 is 2.48 bits per heavy atom. The quantitative estimate of drug-likeness (QED) is 0.624. The number of rotatable bonds is 4. The van der Waals surface area contributed by atoms with Crippen LogP contribution >= 0.6 is 0 Å². The van der Waals surface area contributed by atoms with Gasteiger partial charge in [-0.05, 0) is 68.1 Å². The molecule has 1 aliphatic heterocycles. The van der Waals surface area contributed by atoms with E-state index in [2.05, 4.69) is 0 Å². The largest absolute Gasteiger partial charge is 0.457 e. The molecule has 0 saturated heterocycles. The van der Waals surface area contributed by atoms with E-state index < -0.39 is 5.97 Å². The van der Waals surface area contributed by atoms with Crippen LogP contribution in [0.3, 0.4) is 0 Å². The Morgan fingerprint density at radius 1 is 1.04 bits per heavy atom. The summed E-state index contributed by atoms with van der Waals surface area (Å²) in [6, 6.07) is 6.90. The van der Waals surface area contributed by atoms with Gasteiger partial charge in [0.05, 0.1) is 5.56 Å². The number of Topliss-reactive ketones (excluding diaryl/α,β-unsaturated/α-hetero) is 1. The summed E-state index contributed by atoms with van der Waals surface area (Å²) in [5.74, 6) is 0.726. The first-order chi connectivity index (χ1) is 11.9. The second kappa shape index (κ2) is 6.59. The highest BCUT2D eigenvalue weighted by atomic mass is 16.7. The minimum absolute atomic E-state index is 0.0124. The second-order valence-electron chi connectivity index (χ2n) is 6.19. The van der Waals surface area contributed by atoms with E-state index in [9.17, 15) is 9.59 Å². The zero-order valence-electron chi connectivity index (χ0n) is 14.8. The lowest BCUT2D eigenvalue weighted by molar-refractivity contribution is 0.0471. The normalized spacial score (nSPS) is 12.2. The van der Waals surface area contributed by atoms with Crippen molar-refractivity contribution in [2.45, 2.75) is 34.3 Å². The maximum absolute atomic E-state index is 12.3. The summed E-state index contributed by atoms with van der Waals surface area (Å²) in [5, 5.41) is 0. The Labute approximate surface area is 146 Å². The van der Waals surface area contributed by atoms with Crippen LogP contribution in [0.4, 0.5) is 0 Å². The van der Waals surface area contributed by atoms with E-state index in [1.54, 1.807) is 25.1 Å². The molecule has 5 heteroatoms. The molecule has 0 N–H and O–H groups in total. The number of ketones is 1. The van der Waals surface area contributed by atoms with Crippen LogP contribution in [0.5, 0.6) is 11.5 Å². The summed E-state index contributed by atoms with van der Waals surface area (Å²) in [6.07, 6.45) is 0. The third-order valence-corrected chi connectivity index (χ3v) is 4.44. The highest BCUT2D eigenvalue weighted by molar-refractivity contribution is 5.97. The van der Waals surface area contributed by atoms with Crippen LogP contribution in [0.25, 0.3) is 0 Å². The van der Waals surface area contributed by atoms with Crippen molar-refractivity contribution in [3.63, 3.8) is 0 Å². The van der Waals surface area contributed by atoms with Crippen molar-refractivity contribution in [1.29, 1.82) is 0 Å². The lowest BCUT2D eigenvalue weighted by atomic mass is 9.92. The molecule has 0 amide bonds. The summed E-state index contributed by atoms with van der Waals surface area (Å²) in [5.41, 5.74) is 4.76. The van der Waals surface area contributed by atoms with Crippen molar-refractivity contribution >= 4 is 11.8 Å². The molecule has 1 aliphatic rings. The molecule has 1 heterocycles. The van der Waals surface area contributed by atoms with Crippen molar-refractivity contribution in [2.24, 2.45) is 0 Å².